The molecule has 0 aliphatic carbocycles. The minimum atomic E-state index is 0.673. The van der Waals surface area contributed by atoms with Gasteiger partial charge in [-0.25, -0.2) is 15.0 Å². The lowest BCUT2D eigenvalue weighted by molar-refractivity contribution is 0.122. The van der Waals surface area contributed by atoms with E-state index < -0.39 is 0 Å². The van der Waals surface area contributed by atoms with Gasteiger partial charge in [-0.05, 0) is 44.3 Å². The molecule has 5 rings (SSSR count). The topological polar surface area (TPSA) is 80.5 Å². The van der Waals surface area contributed by atoms with Gasteiger partial charge in [0.15, 0.2) is 5.65 Å². The molecule has 5 heterocycles. The van der Waals surface area contributed by atoms with E-state index in [4.69, 9.17) is 14.7 Å². The van der Waals surface area contributed by atoms with Crippen LogP contribution in [-0.2, 0) is 11.2 Å². The molecule has 0 unspecified atom stereocenters. The van der Waals surface area contributed by atoms with Crippen LogP contribution in [0, 0.1) is 5.92 Å². The molecule has 2 aliphatic heterocycles. The van der Waals surface area contributed by atoms with Gasteiger partial charge in [-0.15, -0.1) is 0 Å². The maximum absolute atomic E-state index is 5.43. The summed E-state index contributed by atoms with van der Waals surface area (Å²) >= 11 is 0. The average Bonchev–Trinajstić information content (AvgIpc) is 3.21. The molecule has 2 fully saturated rings. The fraction of sp³-hybridized carbons (Fsp3) is 0.500. The fourth-order valence-corrected chi connectivity index (χ4v) is 4.07. The lowest BCUT2D eigenvalue weighted by Gasteiger charge is -2.26. The predicted octanol–water partition coefficient (Wildman–Crippen LogP) is 1.56. The molecular weight excluding hydrogens is 354 g/mol. The van der Waals surface area contributed by atoms with Crippen molar-refractivity contribution in [1.82, 2.24) is 29.7 Å². The summed E-state index contributed by atoms with van der Waals surface area (Å²) in [7, 11) is 0. The predicted molar refractivity (Wildman–Crippen MR) is 106 cm³/mol. The maximum Gasteiger partial charge on any atom is 0.226 e. The van der Waals surface area contributed by atoms with Gasteiger partial charge in [0, 0.05) is 31.7 Å². The molecule has 146 valence electrons. The van der Waals surface area contributed by atoms with Gasteiger partial charge in [0.2, 0.25) is 5.95 Å². The number of ether oxygens (including phenoxy) is 1. The zero-order valence-corrected chi connectivity index (χ0v) is 15.9. The third-order valence-electron chi connectivity index (χ3n) is 5.64. The highest BCUT2D eigenvalue weighted by atomic mass is 16.5. The van der Waals surface area contributed by atoms with Gasteiger partial charge < -0.3 is 15.0 Å². The highest BCUT2D eigenvalue weighted by Crippen LogP contribution is 2.24. The Bertz CT molecular complexity index is 945. The largest absolute Gasteiger partial charge is 0.378 e. The van der Waals surface area contributed by atoms with Gasteiger partial charge in [-0.3, -0.25) is 9.38 Å². The summed E-state index contributed by atoms with van der Waals surface area (Å²) in [6.07, 6.45) is 10.9. The van der Waals surface area contributed by atoms with Crippen LogP contribution in [0.5, 0.6) is 0 Å². The second-order valence-electron chi connectivity index (χ2n) is 7.45. The highest BCUT2D eigenvalue weighted by Gasteiger charge is 2.19. The quantitative estimate of drug-likeness (QED) is 0.737. The van der Waals surface area contributed by atoms with Crippen molar-refractivity contribution >= 4 is 11.6 Å². The minimum absolute atomic E-state index is 0.673. The molecule has 8 heteroatoms. The first kappa shape index (κ1) is 17.5. The molecule has 0 amide bonds. The average molecular weight is 379 g/mol. The Morgan fingerprint density at radius 1 is 1.07 bits per heavy atom. The molecule has 2 saturated heterocycles. The first-order chi connectivity index (χ1) is 13.9. The first-order valence-electron chi connectivity index (χ1n) is 10.1. The second kappa shape index (κ2) is 7.81. The van der Waals surface area contributed by atoms with Gasteiger partial charge in [0.25, 0.3) is 0 Å². The van der Waals surface area contributed by atoms with Gasteiger partial charge >= 0.3 is 0 Å². The van der Waals surface area contributed by atoms with Crippen molar-refractivity contribution in [1.29, 1.82) is 0 Å². The Labute approximate surface area is 164 Å². The maximum atomic E-state index is 5.43. The van der Waals surface area contributed by atoms with Crippen molar-refractivity contribution < 1.29 is 4.74 Å². The molecular formula is C20H25N7O. The van der Waals surface area contributed by atoms with Crippen molar-refractivity contribution in [2.24, 2.45) is 5.92 Å². The van der Waals surface area contributed by atoms with E-state index in [1.54, 1.807) is 0 Å². The van der Waals surface area contributed by atoms with Crippen molar-refractivity contribution in [2.45, 2.75) is 19.3 Å². The van der Waals surface area contributed by atoms with Crippen LogP contribution in [0.25, 0.3) is 17.0 Å². The van der Waals surface area contributed by atoms with Gasteiger partial charge in [-0.1, -0.05) is 0 Å². The number of hydrogen-bond acceptors (Lipinski definition) is 7. The Balaban J connectivity index is 1.46. The molecule has 0 spiro atoms. The van der Waals surface area contributed by atoms with E-state index in [-0.39, 0.29) is 0 Å². The summed E-state index contributed by atoms with van der Waals surface area (Å²) in [5.74, 6) is 1.42. The molecule has 0 saturated carbocycles. The lowest BCUT2D eigenvalue weighted by Crippen LogP contribution is -2.37. The third-order valence-corrected chi connectivity index (χ3v) is 5.64. The first-order valence-corrected chi connectivity index (χ1v) is 10.1. The third kappa shape index (κ3) is 3.45. The molecule has 28 heavy (non-hydrogen) atoms. The van der Waals surface area contributed by atoms with Crippen molar-refractivity contribution in [3.05, 3.63) is 36.5 Å². The van der Waals surface area contributed by atoms with Crippen LogP contribution in [-0.4, -0.2) is 63.7 Å². The highest BCUT2D eigenvalue weighted by molar-refractivity contribution is 5.62. The molecule has 0 atom stereocenters. The van der Waals surface area contributed by atoms with E-state index >= 15 is 0 Å². The molecule has 3 aromatic rings. The number of aromatic nitrogens is 5. The monoisotopic (exact) mass is 379 g/mol. The van der Waals surface area contributed by atoms with E-state index in [2.05, 4.69) is 24.6 Å². The molecule has 3 aromatic heterocycles. The number of nitrogens with one attached hydrogen (secondary N) is 1. The van der Waals surface area contributed by atoms with E-state index in [0.717, 1.165) is 74.5 Å². The van der Waals surface area contributed by atoms with Crippen LogP contribution in [0.1, 0.15) is 18.5 Å². The number of imidazole rings is 1. The number of rotatable bonds is 4. The van der Waals surface area contributed by atoms with Crippen LogP contribution < -0.4 is 10.2 Å². The van der Waals surface area contributed by atoms with Gasteiger partial charge in [0.1, 0.15) is 0 Å². The Kier molecular flexibility index (Phi) is 4.88. The summed E-state index contributed by atoms with van der Waals surface area (Å²) in [6.45, 7) is 5.27. The lowest BCUT2D eigenvalue weighted by atomic mass is 9.93. The van der Waals surface area contributed by atoms with E-state index in [1.807, 2.05) is 30.9 Å². The summed E-state index contributed by atoms with van der Waals surface area (Å²) in [5.41, 5.74) is 3.86. The Morgan fingerprint density at radius 2 is 1.93 bits per heavy atom. The van der Waals surface area contributed by atoms with E-state index in [1.165, 1.54) is 12.8 Å². The Hall–Kier alpha value is -2.58. The zero-order valence-electron chi connectivity index (χ0n) is 15.9. The summed E-state index contributed by atoms with van der Waals surface area (Å²) < 4.78 is 7.54. The smallest absolute Gasteiger partial charge is 0.226 e. The van der Waals surface area contributed by atoms with Gasteiger partial charge in [-0.2, -0.15) is 0 Å². The van der Waals surface area contributed by atoms with Gasteiger partial charge in [0.05, 0.1) is 36.5 Å². The number of nitrogens with zero attached hydrogens (tertiary/aromatic N) is 6. The molecule has 0 radical (unpaired) electrons. The Morgan fingerprint density at radius 3 is 2.79 bits per heavy atom. The second-order valence-corrected chi connectivity index (χ2v) is 7.45. The van der Waals surface area contributed by atoms with Crippen LogP contribution in [0.3, 0.4) is 0 Å². The van der Waals surface area contributed by atoms with Crippen molar-refractivity contribution in [2.75, 3.05) is 44.3 Å². The fourth-order valence-electron chi connectivity index (χ4n) is 4.07. The summed E-state index contributed by atoms with van der Waals surface area (Å²) in [4.78, 5) is 20.8. The van der Waals surface area contributed by atoms with Crippen molar-refractivity contribution in [3.63, 3.8) is 0 Å². The van der Waals surface area contributed by atoms with Crippen molar-refractivity contribution in [3.8, 4) is 11.4 Å². The number of morpholine rings is 1. The molecule has 0 bridgehead atoms. The standard InChI is InChI=1S/C20H25N7O/c1-4-21-5-2-15(1)13-17-19-24-14-18(27(19)8-7-22-17)16-3-6-23-20(25-16)26-9-11-28-12-10-26/h3,6-8,14-15,21H,1-2,4-5,9-13H2. The number of piperidine rings is 1. The minimum Gasteiger partial charge on any atom is -0.378 e. The SMILES string of the molecule is c1cc(-c2cnc3c(CC4CCNCC4)nccn23)nc(N2CCOCC2)n1. The number of fused-ring (bicyclic) bond motifs is 1. The van der Waals surface area contributed by atoms with E-state index in [0.29, 0.717) is 5.92 Å². The molecule has 2 aliphatic rings. The number of anilines is 1. The normalized spacial score (nSPS) is 18.6. The van der Waals surface area contributed by atoms with Crippen LogP contribution in [0.2, 0.25) is 0 Å². The van der Waals surface area contributed by atoms with Crippen LogP contribution in [0.15, 0.2) is 30.9 Å². The van der Waals surface area contributed by atoms with Crippen LogP contribution in [0.4, 0.5) is 5.95 Å². The number of hydrogen-bond donors (Lipinski definition) is 1. The summed E-state index contributed by atoms with van der Waals surface area (Å²) in [6, 6.07) is 1.94. The summed E-state index contributed by atoms with van der Waals surface area (Å²) in [5, 5.41) is 3.43. The van der Waals surface area contributed by atoms with E-state index in [9.17, 15) is 0 Å². The zero-order chi connectivity index (χ0) is 18.8. The molecule has 8 nitrogen and oxygen atoms in total. The molecule has 1 N–H and O–H groups in total. The van der Waals surface area contributed by atoms with Crippen LogP contribution >= 0.6 is 0 Å². The molecule has 0 aromatic carbocycles.